The summed E-state index contributed by atoms with van der Waals surface area (Å²) in [6.45, 7) is 6.43. The molecule has 7 nitrogen and oxygen atoms in total. The highest BCUT2D eigenvalue weighted by molar-refractivity contribution is 6.01. The number of benzene rings is 2. The third kappa shape index (κ3) is 5.17. The van der Waals surface area contributed by atoms with E-state index in [4.69, 9.17) is 14.0 Å². The van der Waals surface area contributed by atoms with Gasteiger partial charge in [0.1, 0.15) is 18.1 Å². The van der Waals surface area contributed by atoms with Crippen molar-refractivity contribution in [3.8, 4) is 5.75 Å². The Morgan fingerprint density at radius 2 is 1.87 bits per heavy atom. The largest absolute Gasteiger partial charge is 0.488 e. The summed E-state index contributed by atoms with van der Waals surface area (Å²) in [5.41, 5.74) is 2.07. The first-order valence-corrected chi connectivity index (χ1v) is 10.0. The van der Waals surface area contributed by atoms with Crippen molar-refractivity contribution in [1.82, 2.24) is 10.5 Å². The molecule has 3 rings (SSSR count). The van der Waals surface area contributed by atoms with E-state index in [9.17, 15) is 9.59 Å². The third-order valence-corrected chi connectivity index (χ3v) is 4.79. The molecular formula is C23H26N2O5. The topological polar surface area (TPSA) is 90.7 Å². The van der Waals surface area contributed by atoms with Gasteiger partial charge < -0.3 is 19.3 Å². The maximum absolute atomic E-state index is 12.8. The molecule has 0 saturated heterocycles. The van der Waals surface area contributed by atoms with Crippen LogP contribution in [0.1, 0.15) is 47.1 Å². The van der Waals surface area contributed by atoms with Gasteiger partial charge in [-0.3, -0.25) is 9.59 Å². The molecule has 0 aliphatic rings. The number of carbonyl (C=O) groups excluding carboxylic acids is 2. The number of aryl methyl sites for hydroxylation is 2. The van der Waals surface area contributed by atoms with E-state index in [1.54, 1.807) is 6.92 Å². The van der Waals surface area contributed by atoms with E-state index in [1.807, 2.05) is 50.2 Å². The molecule has 0 aliphatic heterocycles. The molecular weight excluding hydrogens is 384 g/mol. The molecule has 0 saturated carbocycles. The maximum atomic E-state index is 12.8. The Balaban J connectivity index is 1.75. The van der Waals surface area contributed by atoms with E-state index in [2.05, 4.69) is 10.5 Å². The van der Waals surface area contributed by atoms with Crippen molar-refractivity contribution in [3.05, 3.63) is 59.0 Å². The highest BCUT2D eigenvalue weighted by Crippen LogP contribution is 2.27. The third-order valence-electron chi connectivity index (χ3n) is 4.79. The van der Waals surface area contributed by atoms with E-state index in [-0.39, 0.29) is 24.9 Å². The molecule has 1 amide bonds. The number of esters is 1. The van der Waals surface area contributed by atoms with Crippen LogP contribution in [0.25, 0.3) is 10.8 Å². The maximum Gasteiger partial charge on any atom is 0.305 e. The lowest BCUT2D eigenvalue weighted by Crippen LogP contribution is -2.25. The van der Waals surface area contributed by atoms with Gasteiger partial charge in [0.15, 0.2) is 0 Å². The standard InChI is InChI=1S/C23H26N2O5/c1-4-28-22(26)10-7-11-24-23(27)19-12-17-8-5-6-9-18(17)13-21(19)29-14-20-15(2)25-30-16(20)3/h5-6,8-9,12-13H,4,7,10-11,14H2,1-3H3,(H,24,27). The minimum absolute atomic E-state index is 0.252. The molecule has 0 fully saturated rings. The first-order chi connectivity index (χ1) is 14.5. The Hall–Kier alpha value is -3.35. The molecule has 2 aromatic carbocycles. The molecule has 1 aromatic heterocycles. The van der Waals surface area contributed by atoms with Crippen molar-refractivity contribution in [1.29, 1.82) is 0 Å². The predicted octanol–water partition coefficient (Wildman–Crippen LogP) is 4.10. The number of amides is 1. The number of fused-ring (bicyclic) bond motifs is 1. The lowest BCUT2D eigenvalue weighted by atomic mass is 10.1. The van der Waals surface area contributed by atoms with Crippen molar-refractivity contribution < 1.29 is 23.6 Å². The minimum atomic E-state index is -0.263. The average Bonchev–Trinajstić information content (AvgIpc) is 3.06. The molecule has 0 bridgehead atoms. The summed E-state index contributed by atoms with van der Waals surface area (Å²) in [6.07, 6.45) is 0.772. The Morgan fingerprint density at radius 3 is 2.53 bits per heavy atom. The summed E-state index contributed by atoms with van der Waals surface area (Å²) >= 11 is 0. The molecule has 30 heavy (non-hydrogen) atoms. The molecule has 0 radical (unpaired) electrons. The lowest BCUT2D eigenvalue weighted by molar-refractivity contribution is -0.143. The molecule has 158 valence electrons. The van der Waals surface area contributed by atoms with Crippen LogP contribution in [0, 0.1) is 13.8 Å². The summed E-state index contributed by atoms with van der Waals surface area (Å²) in [4.78, 5) is 24.3. The number of carbonyl (C=O) groups is 2. The van der Waals surface area contributed by atoms with Gasteiger partial charge in [0.05, 0.1) is 23.4 Å². The number of nitrogens with one attached hydrogen (secondary N) is 1. The molecule has 1 heterocycles. The highest BCUT2D eigenvalue weighted by atomic mass is 16.5. The van der Waals surface area contributed by atoms with E-state index in [0.717, 1.165) is 22.0 Å². The van der Waals surface area contributed by atoms with E-state index < -0.39 is 0 Å². The predicted molar refractivity (Wildman–Crippen MR) is 112 cm³/mol. The molecule has 0 spiro atoms. The van der Waals surface area contributed by atoms with Crippen LogP contribution in [-0.4, -0.2) is 30.2 Å². The summed E-state index contributed by atoms with van der Waals surface area (Å²) in [6, 6.07) is 11.5. The Morgan fingerprint density at radius 1 is 1.13 bits per heavy atom. The van der Waals surface area contributed by atoms with Gasteiger partial charge in [-0.2, -0.15) is 0 Å². The summed E-state index contributed by atoms with van der Waals surface area (Å²) in [7, 11) is 0. The van der Waals surface area contributed by atoms with Gasteiger partial charge in [0.2, 0.25) is 0 Å². The van der Waals surface area contributed by atoms with Crippen LogP contribution in [0.15, 0.2) is 40.9 Å². The van der Waals surface area contributed by atoms with Crippen molar-refractivity contribution in [3.63, 3.8) is 0 Å². The minimum Gasteiger partial charge on any atom is -0.488 e. The van der Waals surface area contributed by atoms with Crippen LogP contribution < -0.4 is 10.1 Å². The second-order valence-corrected chi connectivity index (χ2v) is 6.95. The first kappa shape index (κ1) is 21.4. The van der Waals surface area contributed by atoms with Gasteiger partial charge in [0.25, 0.3) is 5.91 Å². The van der Waals surface area contributed by atoms with Crippen LogP contribution >= 0.6 is 0 Å². The zero-order valence-electron chi connectivity index (χ0n) is 17.5. The second kappa shape index (κ2) is 9.91. The average molecular weight is 410 g/mol. The van der Waals surface area contributed by atoms with Crippen LogP contribution in [0.4, 0.5) is 0 Å². The first-order valence-electron chi connectivity index (χ1n) is 10.0. The van der Waals surface area contributed by atoms with Gasteiger partial charge in [-0.25, -0.2) is 0 Å². The second-order valence-electron chi connectivity index (χ2n) is 6.95. The lowest BCUT2D eigenvalue weighted by Gasteiger charge is -2.13. The molecule has 0 unspecified atom stereocenters. The van der Waals surface area contributed by atoms with Crippen molar-refractivity contribution >= 4 is 22.6 Å². The van der Waals surface area contributed by atoms with Crippen LogP contribution in [0.3, 0.4) is 0 Å². The SMILES string of the molecule is CCOC(=O)CCCNC(=O)c1cc2ccccc2cc1OCc1c(C)noc1C. The van der Waals surface area contributed by atoms with Gasteiger partial charge in [-0.15, -0.1) is 0 Å². The van der Waals surface area contributed by atoms with Gasteiger partial charge in [-0.1, -0.05) is 29.4 Å². The summed E-state index contributed by atoms with van der Waals surface area (Å²) < 4.78 is 16.1. The van der Waals surface area contributed by atoms with Crippen LogP contribution in [0.5, 0.6) is 5.75 Å². The Bertz CT molecular complexity index is 1020. The summed E-state index contributed by atoms with van der Waals surface area (Å²) in [5, 5.41) is 8.72. The molecule has 0 atom stereocenters. The number of hydrogen-bond acceptors (Lipinski definition) is 6. The Labute approximate surface area is 175 Å². The van der Waals surface area contributed by atoms with E-state index in [0.29, 0.717) is 36.6 Å². The van der Waals surface area contributed by atoms with Crippen molar-refractivity contribution in [2.45, 2.75) is 40.2 Å². The molecule has 3 aromatic rings. The van der Waals surface area contributed by atoms with Gasteiger partial charge in [-0.05, 0) is 50.1 Å². The van der Waals surface area contributed by atoms with Crippen LogP contribution in [0.2, 0.25) is 0 Å². The molecule has 1 N–H and O–H groups in total. The zero-order chi connectivity index (χ0) is 21.5. The number of aromatic nitrogens is 1. The fourth-order valence-corrected chi connectivity index (χ4v) is 3.14. The fourth-order valence-electron chi connectivity index (χ4n) is 3.14. The quantitative estimate of drug-likeness (QED) is 0.422. The smallest absolute Gasteiger partial charge is 0.305 e. The molecule has 7 heteroatoms. The van der Waals surface area contributed by atoms with Gasteiger partial charge >= 0.3 is 5.97 Å². The number of ether oxygens (including phenoxy) is 2. The van der Waals surface area contributed by atoms with Crippen molar-refractivity contribution in [2.75, 3.05) is 13.2 Å². The molecule has 0 aliphatic carbocycles. The van der Waals surface area contributed by atoms with E-state index >= 15 is 0 Å². The van der Waals surface area contributed by atoms with Crippen LogP contribution in [-0.2, 0) is 16.1 Å². The van der Waals surface area contributed by atoms with Crippen molar-refractivity contribution in [2.24, 2.45) is 0 Å². The Kier molecular flexibility index (Phi) is 7.06. The number of nitrogens with zero attached hydrogens (tertiary/aromatic N) is 1. The fraction of sp³-hybridized carbons (Fsp3) is 0.348. The normalized spacial score (nSPS) is 10.8. The highest BCUT2D eigenvalue weighted by Gasteiger charge is 2.16. The zero-order valence-corrected chi connectivity index (χ0v) is 17.5. The number of hydrogen-bond donors (Lipinski definition) is 1. The van der Waals surface area contributed by atoms with Gasteiger partial charge in [0, 0.05) is 13.0 Å². The number of rotatable bonds is 9. The summed E-state index contributed by atoms with van der Waals surface area (Å²) in [5.74, 6) is 0.661. The van der Waals surface area contributed by atoms with E-state index in [1.165, 1.54) is 0 Å². The monoisotopic (exact) mass is 410 g/mol.